The Morgan fingerprint density at radius 1 is 1.40 bits per heavy atom. The van der Waals surface area contributed by atoms with Crippen molar-refractivity contribution in [2.24, 2.45) is 0 Å². The van der Waals surface area contributed by atoms with Crippen LogP contribution < -0.4 is 0 Å². The molecule has 1 radical (unpaired) electrons. The van der Waals surface area contributed by atoms with Crippen LogP contribution in [-0.2, 0) is 0 Å². The van der Waals surface area contributed by atoms with Crippen LogP contribution in [0.2, 0.25) is 11.4 Å². The van der Waals surface area contributed by atoms with Crippen LogP contribution in [-0.4, -0.2) is 15.8 Å². The van der Waals surface area contributed by atoms with Crippen molar-refractivity contribution in [1.82, 2.24) is 0 Å². The van der Waals surface area contributed by atoms with Gasteiger partial charge in [0.25, 0.3) is 0 Å². The maximum Gasteiger partial charge on any atom is -0.488 e. The van der Waals surface area contributed by atoms with E-state index in [1.807, 2.05) is 0 Å². The van der Waals surface area contributed by atoms with Crippen LogP contribution in [0.25, 0.3) is 0 Å². The van der Waals surface area contributed by atoms with Crippen LogP contribution in [0.15, 0.2) is 0 Å². The van der Waals surface area contributed by atoms with Crippen LogP contribution in [0.5, 0.6) is 0 Å². The van der Waals surface area contributed by atoms with Crippen molar-refractivity contribution in [3.63, 3.8) is 0 Å². The normalized spacial score (nSPS) is 4.00. The third-order valence-corrected chi connectivity index (χ3v) is 0. The number of nitrogens with zero attached hydrogens (tertiary/aromatic N) is 1. The molecular weight excluding hydrogens is 125 g/mol. The third kappa shape index (κ3) is 7240. The zero-order valence-electron chi connectivity index (χ0n) is 3.39. The monoisotopic (exact) mass is 131 g/mol. The van der Waals surface area contributed by atoms with Gasteiger partial charge in [0, 0.05) is 0 Å². The topological polar surface area (TPSA) is 23.8 Å². The fourth-order valence-corrected chi connectivity index (χ4v) is 0. The van der Waals surface area contributed by atoms with E-state index in [1.54, 1.807) is 0 Å². The summed E-state index contributed by atoms with van der Waals surface area (Å²) >= 11 is 0.688. The molecule has 29 valence electrons. The molecule has 0 heterocycles. The summed E-state index contributed by atoms with van der Waals surface area (Å²) in [6, 6.07) is 0. The zero-order chi connectivity index (χ0) is 4.71. The van der Waals surface area contributed by atoms with Crippen LogP contribution in [0.1, 0.15) is 0 Å². The predicted molar refractivity (Wildman–Crippen MR) is 22.4 cm³/mol. The van der Waals surface area contributed by atoms with Crippen LogP contribution >= 0.6 is 0 Å². The first-order valence-corrected chi connectivity index (χ1v) is 4.87. The zero-order valence-corrected chi connectivity index (χ0v) is 5.27. The summed E-state index contributed by atoms with van der Waals surface area (Å²) < 4.78 is 0. The summed E-state index contributed by atoms with van der Waals surface area (Å²) in [6.07, 6.45) is 0. The van der Waals surface area contributed by atoms with Crippen LogP contribution in [0.3, 0.4) is 0 Å². The molecule has 0 saturated heterocycles. The van der Waals surface area contributed by atoms with E-state index in [0.717, 1.165) is 0 Å². The molecule has 0 rings (SSSR count). The van der Waals surface area contributed by atoms with Crippen molar-refractivity contribution in [3.05, 3.63) is 6.57 Å². The van der Waals surface area contributed by atoms with Gasteiger partial charge in [-0.1, -0.05) is 0 Å². The van der Waals surface area contributed by atoms with Gasteiger partial charge in [0.1, 0.15) is 0 Å². The third-order valence-electron chi connectivity index (χ3n) is 0. The van der Waals surface area contributed by atoms with Gasteiger partial charge in [-0.05, 0) is 0 Å². The Hall–Kier alpha value is 0.0484. The first-order valence-electron chi connectivity index (χ1n) is 1.12. The first kappa shape index (κ1) is 8.90. The minimum absolute atomic E-state index is 0.688. The van der Waals surface area contributed by atoms with Crippen molar-refractivity contribution in [1.29, 1.82) is 5.26 Å². The Bertz CT molecular complexity index is 18.1. The van der Waals surface area contributed by atoms with Gasteiger partial charge in [-0.15, -0.1) is 0 Å². The van der Waals surface area contributed by atoms with E-state index in [0.29, 0.717) is 15.8 Å². The Balaban J connectivity index is 0. The summed E-state index contributed by atoms with van der Waals surface area (Å²) in [4.78, 5) is 0. The first-order chi connectivity index (χ1) is 2.41. The average Bonchev–Trinajstić information content (AvgIpc) is 1.46. The molecule has 0 aliphatic rings. The van der Waals surface area contributed by atoms with Gasteiger partial charge in [0.15, 0.2) is 0 Å². The molecule has 2 heteroatoms. The van der Waals surface area contributed by atoms with Gasteiger partial charge in [0.2, 0.25) is 0 Å². The number of rotatable bonds is 0. The van der Waals surface area contributed by atoms with Gasteiger partial charge < -0.3 is 11.8 Å². The summed E-state index contributed by atoms with van der Waals surface area (Å²) in [5, 5.41) is 6.25. The molecule has 5 heavy (non-hydrogen) atoms. The van der Waals surface area contributed by atoms with Gasteiger partial charge >= 0.3 is 27.2 Å². The van der Waals surface area contributed by atoms with Crippen molar-refractivity contribution < 1.29 is 0 Å². The summed E-state index contributed by atoms with van der Waals surface area (Å²) in [5.41, 5.74) is 4.44. The predicted octanol–water partition coefficient (Wildman–Crippen LogP) is 0.883. The fourth-order valence-electron chi connectivity index (χ4n) is 0. The average molecular weight is 131 g/mol. The Morgan fingerprint density at radius 3 is 1.40 bits per heavy atom. The second-order valence-electron chi connectivity index (χ2n) is 0.447. The Labute approximate surface area is 39.7 Å². The van der Waals surface area contributed by atoms with E-state index in [-0.39, 0.29) is 0 Å². The summed E-state index contributed by atoms with van der Waals surface area (Å²) in [5.74, 6) is 0. The second kappa shape index (κ2) is 34.2. The van der Waals surface area contributed by atoms with Crippen molar-refractivity contribution in [2.75, 3.05) is 0 Å². The molecule has 0 atom stereocenters. The van der Waals surface area contributed by atoms with Gasteiger partial charge in [-0.3, -0.25) is 0 Å². The summed E-state index contributed by atoms with van der Waals surface area (Å²) in [6.45, 7) is 4.75. The van der Waals surface area contributed by atoms with E-state index in [9.17, 15) is 0 Å². The standard InChI is InChI=1S/C2H6As.CN/c1-3-2;1-2/h1-2H3;/q;-1. The molecule has 1 nitrogen and oxygen atoms in total. The maximum atomic E-state index is 6.25. The van der Waals surface area contributed by atoms with Crippen molar-refractivity contribution >= 4 is 15.8 Å². The molecule has 0 saturated carbocycles. The molecule has 0 N–H and O–H groups in total. The van der Waals surface area contributed by atoms with E-state index in [2.05, 4.69) is 11.4 Å². The molecule has 0 fully saturated rings. The molecule has 0 spiro atoms. The van der Waals surface area contributed by atoms with Gasteiger partial charge in [-0.25, -0.2) is 0 Å². The molecule has 0 aliphatic heterocycles. The Morgan fingerprint density at radius 2 is 1.40 bits per heavy atom. The second-order valence-corrected chi connectivity index (χ2v) is 2.32. The minimum Gasteiger partial charge on any atom is -0.512 e. The van der Waals surface area contributed by atoms with E-state index in [1.165, 1.54) is 0 Å². The Kier molecular flexibility index (Phi) is 60.9. The largest absolute Gasteiger partial charge is 0.512 e. The van der Waals surface area contributed by atoms with E-state index < -0.39 is 0 Å². The molecule has 0 amide bonds. The molecule has 0 unspecified atom stereocenters. The smallest absolute Gasteiger partial charge is 0.488 e. The van der Waals surface area contributed by atoms with Crippen LogP contribution in [0.4, 0.5) is 0 Å². The van der Waals surface area contributed by atoms with Crippen molar-refractivity contribution in [3.8, 4) is 0 Å². The number of hydrogen-bond acceptors (Lipinski definition) is 1. The molecule has 0 aromatic carbocycles. The van der Waals surface area contributed by atoms with Crippen LogP contribution in [0, 0.1) is 11.8 Å². The maximum absolute atomic E-state index is 6.25. The van der Waals surface area contributed by atoms with E-state index in [4.69, 9.17) is 11.8 Å². The SMILES string of the molecule is C[As]C.[C-]#N. The van der Waals surface area contributed by atoms with Gasteiger partial charge in [0.05, 0.1) is 0 Å². The van der Waals surface area contributed by atoms with Gasteiger partial charge in [-0.2, -0.15) is 0 Å². The molecule has 0 aliphatic carbocycles. The molecule has 0 bridgehead atoms. The van der Waals surface area contributed by atoms with E-state index >= 15 is 0 Å². The fraction of sp³-hybridized carbons (Fsp3) is 0.667. The van der Waals surface area contributed by atoms with Crippen molar-refractivity contribution in [2.45, 2.75) is 11.4 Å². The summed E-state index contributed by atoms with van der Waals surface area (Å²) in [7, 11) is 0. The molecule has 0 aromatic heterocycles. The molecular formula is C3H6AsN-. The quantitative estimate of drug-likeness (QED) is 0.353. The molecule has 0 aromatic rings. The minimum atomic E-state index is 0.688. The number of hydrogen-bond donors (Lipinski definition) is 0.